The number of aryl methyl sites for hydroxylation is 2. The van der Waals surface area contributed by atoms with Crippen LogP contribution in [0, 0.1) is 0 Å². The zero-order valence-corrected chi connectivity index (χ0v) is 44.4. The van der Waals surface area contributed by atoms with Crippen LogP contribution in [0.3, 0.4) is 0 Å². The zero-order chi connectivity index (χ0) is 58.7. The van der Waals surface area contributed by atoms with Gasteiger partial charge in [0.1, 0.15) is 42.1 Å². The molecule has 0 aliphatic carbocycles. The van der Waals surface area contributed by atoms with Crippen LogP contribution in [0.25, 0.3) is 0 Å². The number of hydrogen-bond acceptors (Lipinski definition) is 20. The van der Waals surface area contributed by atoms with Gasteiger partial charge in [-0.1, -0.05) is 18.2 Å². The fourth-order valence-corrected chi connectivity index (χ4v) is 9.08. The summed E-state index contributed by atoms with van der Waals surface area (Å²) >= 11 is 0. The summed E-state index contributed by atoms with van der Waals surface area (Å²) < 4.78 is 36.9. The van der Waals surface area contributed by atoms with Crippen molar-refractivity contribution in [2.75, 3.05) is 75.3 Å². The quantitative estimate of drug-likeness (QED) is 0.0230. The average Bonchev–Trinajstić information content (AvgIpc) is 4.26. The van der Waals surface area contributed by atoms with Crippen LogP contribution in [0.15, 0.2) is 67.0 Å². The Hall–Kier alpha value is -8.13. The lowest BCUT2D eigenvalue weighted by Crippen LogP contribution is -2.61. The van der Waals surface area contributed by atoms with Crippen molar-refractivity contribution in [1.82, 2.24) is 24.7 Å². The topological polar surface area (TPSA) is 396 Å². The number of nitrogens with zero attached hydrogens (tertiary/aromatic N) is 4. The third-order valence-corrected chi connectivity index (χ3v) is 13.2. The van der Waals surface area contributed by atoms with Gasteiger partial charge in [-0.3, -0.25) is 24.0 Å². The van der Waals surface area contributed by atoms with E-state index in [1.807, 2.05) is 0 Å². The summed E-state index contributed by atoms with van der Waals surface area (Å²) in [7, 11) is 4.60. The number of aromatic nitrogens is 2. The monoisotopic (exact) mass is 1140 g/mol. The molecule has 0 radical (unpaired) electrons. The summed E-state index contributed by atoms with van der Waals surface area (Å²) in [5.74, 6) is 0.511. The van der Waals surface area contributed by atoms with E-state index in [4.69, 9.17) is 39.4 Å². The third kappa shape index (κ3) is 14.4. The number of nitrogens with two attached hydrogens (primary N) is 1. The molecule has 0 saturated carbocycles. The van der Waals surface area contributed by atoms with E-state index in [1.54, 1.807) is 31.1 Å². The van der Waals surface area contributed by atoms with Crippen LogP contribution in [0.2, 0.25) is 0 Å². The first-order chi connectivity index (χ1) is 38.7. The van der Waals surface area contributed by atoms with E-state index in [9.17, 15) is 59.1 Å². The highest BCUT2D eigenvalue weighted by Gasteiger charge is 2.49. The number of benzene rings is 2. The highest BCUT2D eigenvalue weighted by molar-refractivity contribution is 6.07. The van der Waals surface area contributed by atoms with Crippen LogP contribution in [0.1, 0.15) is 72.9 Å². The van der Waals surface area contributed by atoms with Gasteiger partial charge in [0, 0.05) is 65.2 Å². The maximum Gasteiger partial charge on any atom is 0.416 e. The maximum atomic E-state index is 14.4. The molecule has 29 nitrogen and oxygen atoms in total. The molecule has 0 bridgehead atoms. The second-order valence-corrected chi connectivity index (χ2v) is 19.0. The first-order valence-corrected chi connectivity index (χ1v) is 25.4. The van der Waals surface area contributed by atoms with Gasteiger partial charge < -0.3 is 99.2 Å². The number of carboxylic acid groups (broad SMARTS) is 1. The van der Waals surface area contributed by atoms with E-state index in [-0.39, 0.29) is 123 Å². The van der Waals surface area contributed by atoms with Crippen molar-refractivity contribution in [3.8, 4) is 17.2 Å². The van der Waals surface area contributed by atoms with Gasteiger partial charge in [0.15, 0.2) is 23.8 Å². The van der Waals surface area contributed by atoms with E-state index in [1.165, 1.54) is 59.0 Å². The number of carboxylic acids is 1. The number of ether oxygens (including phenoxy) is 6. The minimum absolute atomic E-state index is 0.0131. The Bertz CT molecular complexity index is 2980. The molecule has 29 heteroatoms. The lowest BCUT2D eigenvalue weighted by atomic mass is 9.99. The van der Waals surface area contributed by atoms with Gasteiger partial charge in [-0.05, 0) is 55.2 Å². The Balaban J connectivity index is 1.04. The fourth-order valence-electron chi connectivity index (χ4n) is 9.08. The SMILES string of the molecule is C=C1C[C@H]2C(O)N(C(=O)OCc3ccc(O[C@@H]4O[C@H](C(=O)O)[C@@H](O)[C@H](O)[C@H]4O)c(C(=O)NCCOCCON)c3)c3cc(OCCCC(=O)Nc4cc(C(=O)Nc5cc(C(=O)NCCCO)n(C)c5)n(C)c4)c(OC)cc3C(=O)N2C1. The van der Waals surface area contributed by atoms with Crippen molar-refractivity contribution in [3.05, 3.63) is 95.1 Å². The van der Waals surface area contributed by atoms with E-state index in [0.717, 1.165) is 4.90 Å². The molecule has 1 unspecified atom stereocenters. The number of aliphatic hydroxyl groups excluding tert-OH is 5. The van der Waals surface area contributed by atoms with Crippen LogP contribution >= 0.6 is 0 Å². The van der Waals surface area contributed by atoms with Crippen LogP contribution in [0.5, 0.6) is 17.2 Å². The Morgan fingerprint density at radius 1 is 0.802 bits per heavy atom. The molecule has 4 aromatic rings. The Kier molecular flexibility index (Phi) is 20.4. The number of anilines is 3. The van der Waals surface area contributed by atoms with Gasteiger partial charge in [-0.2, -0.15) is 0 Å². The Labute approximate surface area is 462 Å². The fraction of sp³-hybridized carbons (Fsp3) is 0.442. The molecule has 0 spiro atoms. The maximum absolute atomic E-state index is 14.4. The van der Waals surface area contributed by atoms with Crippen molar-refractivity contribution in [3.63, 3.8) is 0 Å². The summed E-state index contributed by atoms with van der Waals surface area (Å²) in [6.07, 6.45) is -9.06. The number of fused-ring (bicyclic) bond motifs is 2. The third-order valence-electron chi connectivity index (χ3n) is 13.2. The molecule has 2 fully saturated rings. The molecule has 2 aromatic heterocycles. The molecule has 2 saturated heterocycles. The van der Waals surface area contributed by atoms with Crippen molar-refractivity contribution in [2.24, 2.45) is 20.0 Å². The summed E-state index contributed by atoms with van der Waals surface area (Å²) in [6.45, 7) is 3.77. The van der Waals surface area contributed by atoms with Gasteiger partial charge >= 0.3 is 12.1 Å². The van der Waals surface area contributed by atoms with Gasteiger partial charge in [0.05, 0.1) is 67.8 Å². The first-order valence-electron chi connectivity index (χ1n) is 25.4. The van der Waals surface area contributed by atoms with E-state index in [2.05, 4.69) is 32.7 Å². The number of carbonyl (C=O) groups excluding carboxylic acids is 6. The van der Waals surface area contributed by atoms with E-state index >= 15 is 0 Å². The molecule has 3 aliphatic heterocycles. The summed E-state index contributed by atoms with van der Waals surface area (Å²) in [4.78, 5) is 99.7. The van der Waals surface area contributed by atoms with E-state index in [0.29, 0.717) is 29.1 Å². The van der Waals surface area contributed by atoms with Gasteiger partial charge in [0.2, 0.25) is 12.2 Å². The standard InChI is InChI=1S/C52H65N9O20/c1-27-17-36-49(71)61(52(74)78-26-28-8-9-37(32(18-28)45(67)55-11-14-76-15-16-79-53)80-51-43(66)41(64)42(65)44(81-51)50(72)73)33-22-39(38(75-4)21-31(33)48(70)60(36)23-27)77-13-5-7-40(63)56-29-19-35(59(3)24-29)47(69)57-30-20-34(58(2)25-30)46(68)54-10-6-12-62/h8-9,18-22,24-25,36,41-44,49,51,62,64-66,71H,1,5-7,10-17,23,26,53H2,2-4H3,(H,54,68)(H,55,67)(H,56,63)(H,57,69)(H,72,73)/t36-,41-,42-,43+,44-,49?,51+/m0/s1. The Morgan fingerprint density at radius 3 is 2.20 bits per heavy atom. The van der Waals surface area contributed by atoms with Crippen LogP contribution in [-0.2, 0) is 49.3 Å². The smallest absolute Gasteiger partial charge is 0.416 e. The second-order valence-electron chi connectivity index (χ2n) is 19.0. The minimum Gasteiger partial charge on any atom is -0.493 e. The molecule has 438 valence electrons. The second kappa shape index (κ2) is 27.4. The van der Waals surface area contributed by atoms with Crippen LogP contribution in [-0.4, -0.2) is 189 Å². The van der Waals surface area contributed by atoms with Crippen molar-refractivity contribution in [2.45, 2.75) is 75.3 Å². The lowest BCUT2D eigenvalue weighted by Gasteiger charge is -2.38. The van der Waals surface area contributed by atoms with Crippen LogP contribution < -0.4 is 46.3 Å². The summed E-state index contributed by atoms with van der Waals surface area (Å²) in [6, 6.07) is 8.52. The molecule has 7 atom stereocenters. The summed E-state index contributed by atoms with van der Waals surface area (Å²) in [5, 5.41) is 72.6. The van der Waals surface area contributed by atoms with E-state index < -0.39 is 85.3 Å². The molecular weight excluding hydrogens is 1070 g/mol. The average molecular weight is 1140 g/mol. The molecule has 12 N–H and O–H groups in total. The molecular formula is C52H65N9O20. The number of rotatable bonds is 25. The largest absolute Gasteiger partial charge is 0.493 e. The van der Waals surface area contributed by atoms with Gasteiger partial charge in [0.25, 0.3) is 23.6 Å². The molecule has 6 amide bonds. The highest BCUT2D eigenvalue weighted by Crippen LogP contribution is 2.42. The number of nitrogens with one attached hydrogen (secondary N) is 4. The number of aliphatic hydroxyl groups is 5. The molecule has 2 aromatic carbocycles. The van der Waals surface area contributed by atoms with Crippen molar-refractivity contribution in [1.29, 1.82) is 0 Å². The minimum atomic E-state index is -2.02. The predicted octanol–water partition coefficient (Wildman–Crippen LogP) is -0.312. The lowest BCUT2D eigenvalue weighted by molar-refractivity contribution is -0.271. The van der Waals surface area contributed by atoms with Crippen molar-refractivity contribution < 1.29 is 97.5 Å². The number of hydrogen-bond donors (Lipinski definition) is 11. The Morgan fingerprint density at radius 2 is 1.51 bits per heavy atom. The molecule has 3 aliphatic rings. The van der Waals surface area contributed by atoms with Gasteiger partial charge in [-0.15, -0.1) is 0 Å². The molecule has 81 heavy (non-hydrogen) atoms. The first kappa shape index (κ1) is 60.5. The van der Waals surface area contributed by atoms with Crippen LogP contribution in [0.4, 0.5) is 21.9 Å². The number of carbonyl (C=O) groups is 7. The molecule has 7 rings (SSSR count). The molecule has 5 heterocycles. The number of aliphatic carboxylic acids is 1. The number of amides is 6. The zero-order valence-electron chi connectivity index (χ0n) is 44.4. The summed E-state index contributed by atoms with van der Waals surface area (Å²) in [5.41, 5.74) is 1.52. The normalized spacial score (nSPS) is 20.4. The van der Waals surface area contributed by atoms with Crippen molar-refractivity contribution >= 4 is 58.7 Å². The highest BCUT2D eigenvalue weighted by atomic mass is 16.7. The van der Waals surface area contributed by atoms with Gasteiger partial charge in [-0.25, -0.2) is 20.4 Å². The number of methoxy groups -OCH3 is 1. The predicted molar refractivity (Wildman–Crippen MR) is 281 cm³/mol.